The van der Waals surface area contributed by atoms with Crippen molar-refractivity contribution in [2.45, 2.75) is 17.9 Å². The number of nitrogens with one attached hydrogen (secondary N) is 2. The lowest BCUT2D eigenvalue weighted by atomic mass is 10.1. The fraction of sp³-hybridized carbons (Fsp3) is 0.412. The molecule has 1 aliphatic rings. The molecule has 0 unspecified atom stereocenters. The van der Waals surface area contributed by atoms with E-state index < -0.39 is 27.6 Å². The molecule has 15 heteroatoms. The number of hydrogen-bond donors (Lipinski definition) is 2. The average Bonchev–Trinajstić information content (AvgIpc) is 3.17. The summed E-state index contributed by atoms with van der Waals surface area (Å²) in [5, 5.41) is 13.4. The fourth-order valence-corrected chi connectivity index (χ4v) is 5.60. The molecule has 0 saturated carbocycles. The van der Waals surface area contributed by atoms with E-state index in [9.17, 15) is 26.4 Å². The second-order valence-corrected chi connectivity index (χ2v) is 10.6. The van der Waals surface area contributed by atoms with Crippen molar-refractivity contribution in [3.63, 3.8) is 0 Å². The molecule has 1 amide bonds. The van der Waals surface area contributed by atoms with E-state index in [-0.39, 0.29) is 47.0 Å². The molecule has 2 aromatic rings. The molecule has 1 aromatic heterocycles. The number of thioether (sulfide) groups is 1. The van der Waals surface area contributed by atoms with Gasteiger partial charge < -0.3 is 10.6 Å². The summed E-state index contributed by atoms with van der Waals surface area (Å²) < 4.78 is 70.4. The summed E-state index contributed by atoms with van der Waals surface area (Å²) in [6.45, 7) is 0.301. The Morgan fingerprint density at radius 3 is 2.75 bits per heavy atom. The normalized spacial score (nSPS) is 16.1. The Kier molecular flexibility index (Phi) is 8.37. The van der Waals surface area contributed by atoms with Crippen LogP contribution >= 0.6 is 34.6 Å². The molecule has 2 heterocycles. The van der Waals surface area contributed by atoms with Crippen LogP contribution in [-0.2, 0) is 14.6 Å². The summed E-state index contributed by atoms with van der Waals surface area (Å²) in [6, 6.07) is 3.18. The van der Waals surface area contributed by atoms with E-state index in [1.54, 1.807) is 22.9 Å². The Bertz CT molecular complexity index is 1100. The van der Waals surface area contributed by atoms with E-state index in [2.05, 4.69) is 24.2 Å². The van der Waals surface area contributed by atoms with Crippen LogP contribution in [0.2, 0.25) is 0 Å². The maximum Gasteiger partial charge on any atom is 0.266 e. The molecular weight excluding hydrogens is 586 g/mol. The van der Waals surface area contributed by atoms with Gasteiger partial charge in [0.25, 0.3) is 6.43 Å². The molecule has 32 heavy (non-hydrogen) atoms. The molecule has 1 aromatic carbocycles. The van der Waals surface area contributed by atoms with Gasteiger partial charge in [0.05, 0.1) is 39.9 Å². The third-order valence-electron chi connectivity index (χ3n) is 4.38. The number of aromatic nitrogens is 2. The number of amides is 1. The van der Waals surface area contributed by atoms with Crippen molar-refractivity contribution in [2.75, 3.05) is 29.1 Å². The first-order valence-corrected chi connectivity index (χ1v) is 12.9. The smallest absolute Gasteiger partial charge is 0.266 e. The Hall–Kier alpha value is -1.88. The van der Waals surface area contributed by atoms with Gasteiger partial charge in [-0.25, -0.2) is 26.2 Å². The topological polar surface area (TPSA) is 127 Å². The van der Waals surface area contributed by atoms with Crippen molar-refractivity contribution < 1.29 is 31.0 Å². The van der Waals surface area contributed by atoms with Gasteiger partial charge in [-0.2, -0.15) is 3.21 Å². The van der Waals surface area contributed by atoms with Crippen molar-refractivity contribution in [1.82, 2.24) is 15.6 Å². The molecule has 0 spiro atoms. The number of sulfone groups is 1. The summed E-state index contributed by atoms with van der Waals surface area (Å²) in [6.07, 6.45) is -2.81. The quantitative estimate of drug-likeness (QED) is 0.147. The zero-order chi connectivity index (χ0) is 23.3. The fourth-order valence-electron chi connectivity index (χ4n) is 2.93. The number of carbonyl (C=O) groups excluding carboxylic acids is 1. The molecule has 0 bridgehead atoms. The minimum absolute atomic E-state index is 0.0431. The van der Waals surface area contributed by atoms with E-state index in [0.29, 0.717) is 17.3 Å². The Morgan fingerprint density at radius 1 is 1.34 bits per heavy atom. The first-order valence-electron chi connectivity index (χ1n) is 9.15. The van der Waals surface area contributed by atoms with Crippen LogP contribution in [0.5, 0.6) is 0 Å². The molecule has 0 radical (unpaired) electrons. The average molecular weight is 603 g/mol. The molecule has 1 saturated heterocycles. The highest BCUT2D eigenvalue weighted by Crippen LogP contribution is 2.26. The van der Waals surface area contributed by atoms with Gasteiger partial charge in [0.15, 0.2) is 26.4 Å². The molecular formula is C17H17F3IN5O4S2. The molecule has 1 fully saturated rings. The van der Waals surface area contributed by atoms with Crippen molar-refractivity contribution in [1.29, 1.82) is 0 Å². The number of benzene rings is 1. The number of hydrogen-bond acceptors (Lipinski definition) is 8. The highest BCUT2D eigenvalue weighted by atomic mass is 127. The van der Waals surface area contributed by atoms with E-state index in [1.807, 2.05) is 0 Å². The highest BCUT2D eigenvalue weighted by Gasteiger charge is 2.34. The SMILES string of the molecule is O=C(CC1CS(=O)(=O)C1)NCCSc1nonc1/C(=N/I)Nc1ccc(F)c(C(F)F)c1. The van der Waals surface area contributed by atoms with Crippen molar-refractivity contribution in [3.05, 3.63) is 35.3 Å². The van der Waals surface area contributed by atoms with Crippen LogP contribution in [0.4, 0.5) is 18.9 Å². The van der Waals surface area contributed by atoms with Crippen molar-refractivity contribution in [2.24, 2.45) is 9.12 Å². The summed E-state index contributed by atoms with van der Waals surface area (Å²) in [5.74, 6) is -0.717. The van der Waals surface area contributed by atoms with Crippen LogP contribution in [0.1, 0.15) is 24.1 Å². The van der Waals surface area contributed by atoms with Gasteiger partial charge in [-0.1, -0.05) is 11.8 Å². The lowest BCUT2D eigenvalue weighted by Gasteiger charge is -2.24. The number of carbonyl (C=O) groups is 1. The van der Waals surface area contributed by atoms with E-state index in [4.69, 9.17) is 4.63 Å². The largest absolute Gasteiger partial charge is 0.355 e. The second-order valence-electron chi connectivity index (χ2n) is 6.86. The van der Waals surface area contributed by atoms with Crippen LogP contribution in [0, 0.1) is 11.7 Å². The number of halogens is 4. The maximum atomic E-state index is 13.5. The summed E-state index contributed by atoms with van der Waals surface area (Å²) in [4.78, 5) is 11.9. The Morgan fingerprint density at radius 2 is 2.09 bits per heavy atom. The number of anilines is 1. The van der Waals surface area contributed by atoms with Gasteiger partial charge in [0.2, 0.25) is 5.91 Å². The standard InChI is InChI=1S/C17H17F3IN5O4S2/c18-12-2-1-10(6-11(12)15(19)20)23-16(24-21)14-17(26-30-25-14)31-4-3-22-13(27)5-9-7-32(28,29)8-9/h1-2,6,9,15H,3-5,7-8H2,(H,22,27)(H,23,24). The first kappa shape index (κ1) is 24.8. The predicted molar refractivity (Wildman–Crippen MR) is 120 cm³/mol. The third kappa shape index (κ3) is 6.57. The van der Waals surface area contributed by atoms with Crippen LogP contribution in [0.15, 0.2) is 31.1 Å². The first-order chi connectivity index (χ1) is 15.2. The van der Waals surface area contributed by atoms with Crippen LogP contribution in [0.3, 0.4) is 0 Å². The van der Waals surface area contributed by atoms with E-state index in [1.165, 1.54) is 17.8 Å². The third-order valence-corrected chi connectivity index (χ3v) is 7.77. The number of amidine groups is 1. The molecule has 9 nitrogen and oxygen atoms in total. The van der Waals surface area contributed by atoms with E-state index in [0.717, 1.165) is 12.1 Å². The monoisotopic (exact) mass is 603 g/mol. The van der Waals surface area contributed by atoms with Gasteiger partial charge in [-0.05, 0) is 34.4 Å². The maximum absolute atomic E-state index is 13.5. The number of nitrogens with zero attached hydrogens (tertiary/aromatic N) is 3. The molecule has 1 aliphatic heterocycles. The number of rotatable bonds is 9. The van der Waals surface area contributed by atoms with Gasteiger partial charge in [0, 0.05) is 24.4 Å². The summed E-state index contributed by atoms with van der Waals surface area (Å²) in [7, 11) is -2.96. The van der Waals surface area contributed by atoms with Crippen LogP contribution in [0.25, 0.3) is 0 Å². The second kappa shape index (κ2) is 10.8. The van der Waals surface area contributed by atoms with Crippen molar-refractivity contribution >= 4 is 61.9 Å². The van der Waals surface area contributed by atoms with Crippen molar-refractivity contribution in [3.8, 4) is 0 Å². The molecule has 0 aliphatic carbocycles. The zero-order valence-corrected chi connectivity index (χ0v) is 20.0. The van der Waals surface area contributed by atoms with Gasteiger partial charge >= 0.3 is 0 Å². The van der Waals surface area contributed by atoms with Gasteiger partial charge in [-0.15, -0.1) is 0 Å². The lowest BCUT2D eigenvalue weighted by molar-refractivity contribution is -0.121. The minimum Gasteiger partial charge on any atom is -0.355 e. The van der Waals surface area contributed by atoms with E-state index >= 15 is 0 Å². The summed E-state index contributed by atoms with van der Waals surface area (Å²) >= 11 is 2.90. The van der Waals surface area contributed by atoms with Crippen LogP contribution in [-0.4, -0.2) is 54.3 Å². The van der Waals surface area contributed by atoms with Gasteiger partial charge in [-0.3, -0.25) is 4.79 Å². The lowest BCUT2D eigenvalue weighted by Crippen LogP contribution is -2.40. The highest BCUT2D eigenvalue weighted by molar-refractivity contribution is 14.1. The Balaban J connectivity index is 1.52. The predicted octanol–water partition coefficient (Wildman–Crippen LogP) is 3.00. The minimum atomic E-state index is -2.97. The molecule has 2 N–H and O–H groups in total. The Labute approximate surface area is 199 Å². The molecule has 174 valence electrons. The zero-order valence-electron chi connectivity index (χ0n) is 16.2. The van der Waals surface area contributed by atoms with Gasteiger partial charge in [0.1, 0.15) is 5.82 Å². The molecule has 3 rings (SSSR count). The number of alkyl halides is 2. The molecule has 0 atom stereocenters. The summed E-state index contributed by atoms with van der Waals surface area (Å²) in [5.41, 5.74) is -0.342. The van der Waals surface area contributed by atoms with Crippen LogP contribution < -0.4 is 10.6 Å².